The number of unbranched alkanes of at least 4 members (excludes halogenated alkanes) is 9. The molecule has 0 aliphatic rings. The zero-order chi connectivity index (χ0) is 16.8. The van der Waals surface area contributed by atoms with Gasteiger partial charge in [-0.25, -0.2) is 0 Å². The molecule has 3 heteroatoms. The summed E-state index contributed by atoms with van der Waals surface area (Å²) in [7, 11) is 0. The van der Waals surface area contributed by atoms with Crippen LogP contribution in [0.1, 0.15) is 76.7 Å². The first kappa shape index (κ1) is 20.0. The maximum atomic E-state index is 10.8. The second kappa shape index (κ2) is 13.4. The van der Waals surface area contributed by atoms with Crippen LogP contribution < -0.4 is 4.74 Å². The van der Waals surface area contributed by atoms with Crippen LogP contribution in [-0.2, 0) is 11.2 Å². The fraction of sp³-hybridized carbons (Fsp3) is 0.650. The van der Waals surface area contributed by atoms with Crippen molar-refractivity contribution in [1.82, 2.24) is 0 Å². The molecule has 1 aromatic carbocycles. The summed E-state index contributed by atoms with van der Waals surface area (Å²) in [4.78, 5) is 10.8. The highest BCUT2D eigenvalue weighted by atomic mass is 35.5. The Bertz CT molecular complexity index is 414. The Hall–Kier alpha value is -1.02. The van der Waals surface area contributed by atoms with Gasteiger partial charge in [0, 0.05) is 6.42 Å². The molecule has 23 heavy (non-hydrogen) atoms. The normalized spacial score (nSPS) is 10.7. The minimum absolute atomic E-state index is 0.278. The van der Waals surface area contributed by atoms with E-state index in [1.807, 2.05) is 24.3 Å². The molecule has 0 saturated carbocycles. The SMILES string of the molecule is CCCCCCCCCCCCOc1ccc(CC(=O)Cl)cc1. The minimum atomic E-state index is -0.330. The summed E-state index contributed by atoms with van der Waals surface area (Å²) in [5.41, 5.74) is 0.927. The average Bonchev–Trinajstić information content (AvgIpc) is 2.53. The van der Waals surface area contributed by atoms with Gasteiger partial charge in [0.15, 0.2) is 0 Å². The first-order chi connectivity index (χ1) is 11.2. The Labute approximate surface area is 146 Å². The van der Waals surface area contributed by atoms with Crippen LogP contribution >= 0.6 is 11.6 Å². The number of carbonyl (C=O) groups is 1. The topological polar surface area (TPSA) is 26.3 Å². The molecule has 0 radical (unpaired) electrons. The first-order valence-corrected chi connectivity index (χ1v) is 9.50. The molecule has 0 bridgehead atoms. The lowest BCUT2D eigenvalue weighted by Gasteiger charge is -2.07. The number of carbonyl (C=O) groups excluding carboxylic acids is 1. The van der Waals surface area contributed by atoms with E-state index < -0.39 is 0 Å². The standard InChI is InChI=1S/C20H31ClO2/c1-2-3-4-5-6-7-8-9-10-11-16-23-19-14-12-18(13-15-19)17-20(21)22/h12-15H,2-11,16-17H2,1H3. The van der Waals surface area contributed by atoms with E-state index in [-0.39, 0.29) is 11.7 Å². The van der Waals surface area contributed by atoms with Crippen LogP contribution in [0.4, 0.5) is 0 Å². The molecule has 0 atom stereocenters. The Kier molecular flexibility index (Phi) is 11.7. The summed E-state index contributed by atoms with van der Waals surface area (Å²) in [5.74, 6) is 0.867. The van der Waals surface area contributed by atoms with Gasteiger partial charge in [-0.3, -0.25) is 4.79 Å². The van der Waals surface area contributed by atoms with E-state index in [4.69, 9.17) is 16.3 Å². The largest absolute Gasteiger partial charge is 0.494 e. The molecule has 0 fully saturated rings. The Morgan fingerprint density at radius 2 is 1.39 bits per heavy atom. The molecule has 2 nitrogen and oxygen atoms in total. The third kappa shape index (κ3) is 11.2. The van der Waals surface area contributed by atoms with Crippen molar-refractivity contribution in [3.05, 3.63) is 29.8 Å². The summed E-state index contributed by atoms with van der Waals surface area (Å²) in [5, 5.41) is -0.330. The molecular weight excluding hydrogens is 308 g/mol. The fourth-order valence-corrected chi connectivity index (χ4v) is 2.80. The monoisotopic (exact) mass is 338 g/mol. The van der Waals surface area contributed by atoms with E-state index in [2.05, 4.69) is 6.92 Å². The highest BCUT2D eigenvalue weighted by molar-refractivity contribution is 6.63. The Morgan fingerprint density at radius 3 is 1.91 bits per heavy atom. The molecule has 1 rings (SSSR count). The fourth-order valence-electron chi connectivity index (χ4n) is 2.64. The summed E-state index contributed by atoms with van der Waals surface area (Å²) in [6, 6.07) is 7.61. The van der Waals surface area contributed by atoms with Crippen molar-refractivity contribution in [3.63, 3.8) is 0 Å². The van der Waals surface area contributed by atoms with E-state index in [1.54, 1.807) is 0 Å². The highest BCUT2D eigenvalue weighted by Gasteiger charge is 2.00. The smallest absolute Gasteiger partial charge is 0.226 e. The molecule has 0 N–H and O–H groups in total. The number of hydrogen-bond donors (Lipinski definition) is 0. The highest BCUT2D eigenvalue weighted by Crippen LogP contribution is 2.15. The van der Waals surface area contributed by atoms with Crippen LogP contribution in [0, 0.1) is 0 Å². The number of ether oxygens (including phenoxy) is 1. The molecular formula is C20H31ClO2. The van der Waals surface area contributed by atoms with E-state index in [0.29, 0.717) is 0 Å². The predicted octanol–water partition coefficient (Wildman–Crippen LogP) is 6.29. The van der Waals surface area contributed by atoms with Crippen LogP contribution in [0.2, 0.25) is 0 Å². The van der Waals surface area contributed by atoms with Crippen molar-refractivity contribution in [1.29, 1.82) is 0 Å². The van der Waals surface area contributed by atoms with Crippen molar-refractivity contribution in [2.75, 3.05) is 6.61 Å². The van der Waals surface area contributed by atoms with Gasteiger partial charge in [-0.15, -0.1) is 0 Å². The van der Waals surface area contributed by atoms with Gasteiger partial charge >= 0.3 is 0 Å². The molecule has 0 aromatic heterocycles. The van der Waals surface area contributed by atoms with Gasteiger partial charge in [0.05, 0.1) is 6.61 Å². The molecule has 0 unspecified atom stereocenters. The lowest BCUT2D eigenvalue weighted by molar-refractivity contribution is -0.111. The zero-order valence-electron chi connectivity index (χ0n) is 14.5. The molecule has 0 aliphatic carbocycles. The Balaban J connectivity index is 1.95. The van der Waals surface area contributed by atoms with Crippen LogP contribution in [0.25, 0.3) is 0 Å². The van der Waals surface area contributed by atoms with Crippen molar-refractivity contribution < 1.29 is 9.53 Å². The molecule has 0 saturated heterocycles. The minimum Gasteiger partial charge on any atom is -0.494 e. The van der Waals surface area contributed by atoms with Gasteiger partial charge in [0.1, 0.15) is 5.75 Å². The van der Waals surface area contributed by atoms with Gasteiger partial charge in [0.2, 0.25) is 5.24 Å². The van der Waals surface area contributed by atoms with E-state index >= 15 is 0 Å². The third-order valence-electron chi connectivity index (χ3n) is 4.03. The molecule has 0 heterocycles. The van der Waals surface area contributed by atoms with E-state index in [1.165, 1.54) is 57.8 Å². The summed E-state index contributed by atoms with van der Waals surface area (Å²) >= 11 is 5.37. The first-order valence-electron chi connectivity index (χ1n) is 9.12. The molecule has 0 amide bonds. The maximum Gasteiger partial charge on any atom is 0.226 e. The van der Waals surface area contributed by atoms with Crippen LogP contribution in [0.5, 0.6) is 5.75 Å². The molecule has 0 spiro atoms. The maximum absolute atomic E-state index is 10.8. The summed E-state index contributed by atoms with van der Waals surface area (Å²) < 4.78 is 5.72. The number of halogens is 1. The van der Waals surface area contributed by atoms with Crippen LogP contribution in [0.3, 0.4) is 0 Å². The van der Waals surface area contributed by atoms with Crippen LogP contribution in [0.15, 0.2) is 24.3 Å². The molecule has 130 valence electrons. The van der Waals surface area contributed by atoms with Gasteiger partial charge in [-0.2, -0.15) is 0 Å². The second-order valence-electron chi connectivity index (χ2n) is 6.21. The quantitative estimate of drug-likeness (QED) is 0.294. The second-order valence-corrected chi connectivity index (χ2v) is 6.63. The number of benzene rings is 1. The van der Waals surface area contributed by atoms with Crippen molar-refractivity contribution in [3.8, 4) is 5.75 Å². The number of rotatable bonds is 14. The van der Waals surface area contributed by atoms with Gasteiger partial charge in [-0.05, 0) is 35.7 Å². The number of hydrogen-bond acceptors (Lipinski definition) is 2. The van der Waals surface area contributed by atoms with Gasteiger partial charge in [-0.1, -0.05) is 76.8 Å². The average molecular weight is 339 g/mol. The summed E-state index contributed by atoms with van der Waals surface area (Å²) in [6.45, 7) is 3.03. The lowest BCUT2D eigenvalue weighted by Crippen LogP contribution is -1.98. The van der Waals surface area contributed by atoms with Crippen molar-refractivity contribution in [2.45, 2.75) is 77.6 Å². The third-order valence-corrected chi connectivity index (χ3v) is 4.17. The van der Waals surface area contributed by atoms with Crippen molar-refractivity contribution in [2.24, 2.45) is 0 Å². The van der Waals surface area contributed by atoms with Crippen LogP contribution in [-0.4, -0.2) is 11.8 Å². The van der Waals surface area contributed by atoms with Gasteiger partial charge < -0.3 is 4.74 Å². The van der Waals surface area contributed by atoms with E-state index in [0.717, 1.165) is 24.3 Å². The van der Waals surface area contributed by atoms with Gasteiger partial charge in [0.25, 0.3) is 0 Å². The van der Waals surface area contributed by atoms with E-state index in [9.17, 15) is 4.79 Å². The molecule has 1 aromatic rings. The summed E-state index contributed by atoms with van der Waals surface area (Å²) in [6.07, 6.45) is 13.6. The Morgan fingerprint density at radius 1 is 0.870 bits per heavy atom. The predicted molar refractivity (Wildman–Crippen MR) is 98.3 cm³/mol. The van der Waals surface area contributed by atoms with Crippen molar-refractivity contribution >= 4 is 16.8 Å². The lowest BCUT2D eigenvalue weighted by atomic mass is 10.1. The molecule has 0 aliphatic heterocycles. The zero-order valence-corrected chi connectivity index (χ0v) is 15.2.